The largest absolute Gasteiger partial charge is 1.00 e. The lowest BCUT2D eigenvalue weighted by atomic mass is 9.84. The first-order chi connectivity index (χ1) is 17.1. The number of hydrogen-bond donors (Lipinski definition) is 0. The summed E-state index contributed by atoms with van der Waals surface area (Å²) in [7, 11) is 4.58. The number of rotatable bonds is 9. The molecular weight excluding hydrogens is 616 g/mol. The summed E-state index contributed by atoms with van der Waals surface area (Å²) in [5.41, 5.74) is 2.47. The second-order valence-corrected chi connectivity index (χ2v) is 11.8. The highest BCUT2D eigenvalue weighted by Crippen LogP contribution is 2.33. The van der Waals surface area contributed by atoms with E-state index in [4.69, 9.17) is 0 Å². The van der Waals surface area contributed by atoms with E-state index in [0.717, 1.165) is 71.2 Å². The maximum atomic E-state index is 11.1. The SMILES string of the molecule is C[N+]1(Cc2cccc([N+](=O)[O-])c2)CCC(CCC2CC[N+](C)(Cc3cccc([N+](=O)[O-])c3)CC2)CC1.[Br-].[Br-]. The number of nitro groups is 2. The molecule has 0 bridgehead atoms. The molecule has 2 aliphatic rings. The standard InChI is InChI=1S/C28H40N4O4.2BrH/c1-31(21-25-5-3-7-27(19-25)29(33)34)15-11-23(12-16-31)9-10-24-13-17-32(2,18-14-24)22-26-6-4-8-28(20-26)30(35)36;;/h3-8,19-20,23-24H,9-18,21-22H2,1-2H3;2*1H/q+2;;/p-2. The second-order valence-electron chi connectivity index (χ2n) is 11.8. The van der Waals surface area contributed by atoms with Gasteiger partial charge in [-0.25, -0.2) is 0 Å². The Kier molecular flexibility index (Phi) is 11.9. The lowest BCUT2D eigenvalue weighted by Gasteiger charge is -2.42. The molecular formula is C28H40Br2N4O4. The summed E-state index contributed by atoms with van der Waals surface area (Å²) in [5.74, 6) is 1.57. The summed E-state index contributed by atoms with van der Waals surface area (Å²) < 4.78 is 1.93. The van der Waals surface area contributed by atoms with Crippen molar-refractivity contribution in [3.05, 3.63) is 79.9 Å². The Morgan fingerprint density at radius 3 is 1.34 bits per heavy atom. The number of piperidine rings is 2. The molecule has 2 saturated heterocycles. The lowest BCUT2D eigenvalue weighted by Crippen LogP contribution is -3.00. The molecule has 210 valence electrons. The Bertz CT molecular complexity index is 999. The zero-order valence-electron chi connectivity index (χ0n) is 22.4. The summed E-state index contributed by atoms with van der Waals surface area (Å²) in [5, 5.41) is 22.2. The van der Waals surface area contributed by atoms with Crippen molar-refractivity contribution in [3.63, 3.8) is 0 Å². The van der Waals surface area contributed by atoms with Gasteiger partial charge in [0.1, 0.15) is 13.1 Å². The Hall–Kier alpha value is -1.88. The molecule has 2 fully saturated rings. The van der Waals surface area contributed by atoms with Crippen LogP contribution in [0.25, 0.3) is 0 Å². The predicted molar refractivity (Wildman–Crippen MR) is 140 cm³/mol. The van der Waals surface area contributed by atoms with Crippen LogP contribution in [0.3, 0.4) is 0 Å². The van der Waals surface area contributed by atoms with E-state index in [1.54, 1.807) is 36.4 Å². The van der Waals surface area contributed by atoms with Gasteiger partial charge in [-0.2, -0.15) is 0 Å². The average Bonchev–Trinajstić information content (AvgIpc) is 2.85. The highest BCUT2D eigenvalue weighted by molar-refractivity contribution is 5.34. The van der Waals surface area contributed by atoms with Gasteiger partial charge in [-0.05, 0) is 50.4 Å². The van der Waals surface area contributed by atoms with Crippen LogP contribution < -0.4 is 34.0 Å². The fourth-order valence-corrected chi connectivity index (χ4v) is 6.27. The van der Waals surface area contributed by atoms with E-state index in [-0.39, 0.29) is 55.2 Å². The molecule has 0 N–H and O–H groups in total. The molecule has 2 heterocycles. The van der Waals surface area contributed by atoms with Crippen LogP contribution in [0.5, 0.6) is 0 Å². The first kappa shape index (κ1) is 32.3. The van der Waals surface area contributed by atoms with Crippen LogP contribution in [-0.4, -0.2) is 59.1 Å². The molecule has 0 unspecified atom stereocenters. The number of non-ortho nitro benzene ring substituents is 2. The molecule has 0 atom stereocenters. The Labute approximate surface area is 247 Å². The maximum Gasteiger partial charge on any atom is 0.269 e. The van der Waals surface area contributed by atoms with Crippen molar-refractivity contribution >= 4 is 11.4 Å². The molecule has 0 spiro atoms. The van der Waals surface area contributed by atoms with Crippen LogP contribution in [0, 0.1) is 32.1 Å². The summed E-state index contributed by atoms with van der Waals surface area (Å²) in [4.78, 5) is 21.6. The van der Waals surface area contributed by atoms with Crippen molar-refractivity contribution in [2.45, 2.75) is 51.6 Å². The van der Waals surface area contributed by atoms with Gasteiger partial charge in [-0.15, -0.1) is 0 Å². The van der Waals surface area contributed by atoms with Crippen LogP contribution >= 0.6 is 0 Å². The van der Waals surface area contributed by atoms with Gasteiger partial charge in [-0.1, -0.05) is 24.3 Å². The smallest absolute Gasteiger partial charge is 0.269 e. The Balaban J connectivity index is 0.00000253. The monoisotopic (exact) mass is 654 g/mol. The summed E-state index contributed by atoms with van der Waals surface area (Å²) in [6.45, 7) is 6.26. The van der Waals surface area contributed by atoms with Crippen molar-refractivity contribution in [3.8, 4) is 0 Å². The van der Waals surface area contributed by atoms with Crippen LogP contribution in [0.15, 0.2) is 48.5 Å². The van der Waals surface area contributed by atoms with Crippen molar-refractivity contribution < 1.29 is 52.8 Å². The van der Waals surface area contributed by atoms with E-state index in [2.05, 4.69) is 14.1 Å². The molecule has 2 aromatic carbocycles. The number of benzene rings is 2. The number of nitrogens with zero attached hydrogens (tertiary/aromatic N) is 4. The molecule has 0 aliphatic carbocycles. The fourth-order valence-electron chi connectivity index (χ4n) is 6.27. The van der Waals surface area contributed by atoms with E-state index in [0.29, 0.717) is 0 Å². The van der Waals surface area contributed by atoms with Crippen molar-refractivity contribution in [1.29, 1.82) is 0 Å². The molecule has 0 saturated carbocycles. The molecule has 38 heavy (non-hydrogen) atoms. The van der Waals surface area contributed by atoms with Crippen molar-refractivity contribution in [1.82, 2.24) is 0 Å². The van der Waals surface area contributed by atoms with Gasteiger partial charge < -0.3 is 42.9 Å². The molecule has 0 aromatic heterocycles. The molecule has 0 amide bonds. The number of quaternary nitrogens is 2. The minimum atomic E-state index is -0.309. The zero-order chi connectivity index (χ0) is 25.8. The minimum Gasteiger partial charge on any atom is -1.00 e. The average molecular weight is 656 g/mol. The van der Waals surface area contributed by atoms with Gasteiger partial charge >= 0.3 is 0 Å². The van der Waals surface area contributed by atoms with Gasteiger partial charge in [0.2, 0.25) is 0 Å². The van der Waals surface area contributed by atoms with E-state index in [9.17, 15) is 20.2 Å². The van der Waals surface area contributed by atoms with Crippen LogP contribution in [0.2, 0.25) is 0 Å². The highest BCUT2D eigenvalue weighted by atomic mass is 79.9. The third-order valence-corrected chi connectivity index (χ3v) is 8.66. The summed E-state index contributed by atoms with van der Waals surface area (Å²) in [6.07, 6.45) is 7.54. The molecule has 0 radical (unpaired) electrons. The Morgan fingerprint density at radius 1 is 0.684 bits per heavy atom. The van der Waals surface area contributed by atoms with Crippen LogP contribution in [-0.2, 0) is 13.1 Å². The van der Waals surface area contributed by atoms with Crippen LogP contribution in [0.4, 0.5) is 11.4 Å². The third-order valence-electron chi connectivity index (χ3n) is 8.66. The lowest BCUT2D eigenvalue weighted by molar-refractivity contribution is -0.928. The minimum absolute atomic E-state index is 0. The second kappa shape index (κ2) is 14.0. The van der Waals surface area contributed by atoms with Crippen molar-refractivity contribution in [2.75, 3.05) is 40.3 Å². The van der Waals surface area contributed by atoms with Crippen LogP contribution in [0.1, 0.15) is 49.7 Å². The quantitative estimate of drug-likeness (QED) is 0.211. The summed E-state index contributed by atoms with van der Waals surface area (Å²) in [6, 6.07) is 14.2. The van der Waals surface area contributed by atoms with E-state index < -0.39 is 0 Å². The highest BCUT2D eigenvalue weighted by Gasteiger charge is 2.33. The van der Waals surface area contributed by atoms with Crippen molar-refractivity contribution in [2.24, 2.45) is 11.8 Å². The Morgan fingerprint density at radius 2 is 1.03 bits per heavy atom. The first-order valence-electron chi connectivity index (χ1n) is 13.3. The first-order valence-corrected chi connectivity index (χ1v) is 13.3. The van der Waals surface area contributed by atoms with Gasteiger partial charge in [0, 0.05) is 35.4 Å². The van der Waals surface area contributed by atoms with E-state index >= 15 is 0 Å². The summed E-state index contributed by atoms with van der Waals surface area (Å²) >= 11 is 0. The topological polar surface area (TPSA) is 86.3 Å². The van der Waals surface area contributed by atoms with Gasteiger partial charge in [0.15, 0.2) is 0 Å². The molecule has 8 nitrogen and oxygen atoms in total. The normalized spacial score (nSPS) is 27.0. The molecule has 4 rings (SSSR count). The predicted octanol–water partition coefficient (Wildman–Crippen LogP) is -0.295. The molecule has 2 aromatic rings. The van der Waals surface area contributed by atoms with E-state index in [1.807, 2.05) is 12.1 Å². The number of halogens is 2. The van der Waals surface area contributed by atoms with E-state index in [1.165, 1.54) is 38.5 Å². The number of likely N-dealkylation sites (tertiary alicyclic amines) is 2. The number of nitro benzene ring substituents is 2. The molecule has 2 aliphatic heterocycles. The van der Waals surface area contributed by atoms with Gasteiger partial charge in [0.05, 0.1) is 50.1 Å². The van der Waals surface area contributed by atoms with Gasteiger partial charge in [-0.3, -0.25) is 20.2 Å². The maximum absolute atomic E-state index is 11.1. The fraction of sp³-hybridized carbons (Fsp3) is 0.571. The van der Waals surface area contributed by atoms with Gasteiger partial charge in [0.25, 0.3) is 11.4 Å². The zero-order valence-corrected chi connectivity index (χ0v) is 25.6. The number of hydrogen-bond acceptors (Lipinski definition) is 4. The molecule has 10 heteroatoms. The third kappa shape index (κ3) is 8.83.